The Hall–Kier alpha value is -1.68. The standard InChI is InChI=1S/C22H36N4/c1-6-7-18(21-9-8-17(2)14-25-21)12-19(23)10-11-24-20-13-22(3,4)16-26(5)15-20/h6-7,10-12,17,20H,8-9,13-16,23H2,1-5H3/b7-6-,18-12+,19-10-,24-11?. The van der Waals surface area contributed by atoms with Crippen LogP contribution in [-0.2, 0) is 0 Å². The minimum absolute atomic E-state index is 0.319. The summed E-state index contributed by atoms with van der Waals surface area (Å²) >= 11 is 0. The highest BCUT2D eigenvalue weighted by molar-refractivity contribution is 6.03. The zero-order chi connectivity index (χ0) is 19.2. The van der Waals surface area contributed by atoms with Crippen molar-refractivity contribution in [2.75, 3.05) is 26.7 Å². The minimum Gasteiger partial charge on any atom is -0.399 e. The van der Waals surface area contributed by atoms with Gasteiger partial charge in [-0.2, -0.15) is 0 Å². The Morgan fingerprint density at radius 3 is 2.77 bits per heavy atom. The van der Waals surface area contributed by atoms with Crippen molar-refractivity contribution in [1.82, 2.24) is 4.90 Å². The van der Waals surface area contributed by atoms with Crippen LogP contribution in [0, 0.1) is 11.3 Å². The lowest BCUT2D eigenvalue weighted by atomic mass is 9.82. The second-order valence-electron chi connectivity index (χ2n) is 8.71. The fourth-order valence-corrected chi connectivity index (χ4v) is 3.96. The molecule has 2 unspecified atom stereocenters. The number of allylic oxidation sites excluding steroid dienone is 5. The van der Waals surface area contributed by atoms with Gasteiger partial charge in [-0.3, -0.25) is 9.98 Å². The molecular formula is C22H36N4. The molecule has 0 spiro atoms. The van der Waals surface area contributed by atoms with Crippen molar-refractivity contribution in [3.63, 3.8) is 0 Å². The van der Waals surface area contributed by atoms with Gasteiger partial charge < -0.3 is 10.6 Å². The molecule has 0 aromatic rings. The Balaban J connectivity index is 2.05. The average molecular weight is 357 g/mol. The van der Waals surface area contributed by atoms with Gasteiger partial charge >= 0.3 is 0 Å². The van der Waals surface area contributed by atoms with Crippen molar-refractivity contribution in [2.24, 2.45) is 27.1 Å². The number of likely N-dealkylation sites (tertiary alicyclic amines) is 1. The molecule has 0 amide bonds. The van der Waals surface area contributed by atoms with Gasteiger partial charge in [0, 0.05) is 37.3 Å². The molecule has 0 aromatic carbocycles. The summed E-state index contributed by atoms with van der Waals surface area (Å²) in [7, 11) is 2.17. The summed E-state index contributed by atoms with van der Waals surface area (Å²) in [4.78, 5) is 11.8. The molecule has 2 rings (SSSR count). The van der Waals surface area contributed by atoms with E-state index in [1.54, 1.807) is 0 Å². The van der Waals surface area contributed by atoms with Crippen molar-refractivity contribution >= 4 is 11.9 Å². The third kappa shape index (κ3) is 6.56. The normalized spacial score (nSPS) is 28.7. The lowest BCUT2D eigenvalue weighted by Crippen LogP contribution is -2.44. The van der Waals surface area contributed by atoms with Gasteiger partial charge in [-0.15, -0.1) is 0 Å². The molecule has 1 saturated heterocycles. The van der Waals surface area contributed by atoms with E-state index in [9.17, 15) is 0 Å². The Labute approximate surface area is 159 Å². The van der Waals surface area contributed by atoms with Crippen molar-refractivity contribution in [1.29, 1.82) is 0 Å². The minimum atomic E-state index is 0.319. The van der Waals surface area contributed by atoms with E-state index in [1.165, 1.54) is 12.1 Å². The molecule has 2 N–H and O–H groups in total. The molecule has 0 saturated carbocycles. The van der Waals surface area contributed by atoms with E-state index in [0.717, 1.165) is 43.7 Å². The second kappa shape index (κ2) is 9.31. The van der Waals surface area contributed by atoms with Gasteiger partial charge in [-0.05, 0) is 62.3 Å². The highest BCUT2D eigenvalue weighted by Gasteiger charge is 2.30. The first-order valence-electron chi connectivity index (χ1n) is 9.84. The maximum Gasteiger partial charge on any atom is 0.0631 e. The van der Waals surface area contributed by atoms with Crippen LogP contribution in [0.1, 0.15) is 47.0 Å². The Morgan fingerprint density at radius 2 is 2.15 bits per heavy atom. The highest BCUT2D eigenvalue weighted by atomic mass is 15.1. The van der Waals surface area contributed by atoms with Crippen molar-refractivity contribution in [3.05, 3.63) is 35.6 Å². The third-order valence-electron chi connectivity index (χ3n) is 5.04. The number of aliphatic imine (C=N–C) groups is 2. The van der Waals surface area contributed by atoms with Gasteiger partial charge in [-0.25, -0.2) is 0 Å². The van der Waals surface area contributed by atoms with Gasteiger partial charge in [-0.1, -0.05) is 32.9 Å². The van der Waals surface area contributed by atoms with Crippen LogP contribution in [0.3, 0.4) is 0 Å². The van der Waals surface area contributed by atoms with Crippen LogP contribution in [0.2, 0.25) is 0 Å². The van der Waals surface area contributed by atoms with Crippen LogP contribution in [0.5, 0.6) is 0 Å². The summed E-state index contributed by atoms with van der Waals surface area (Å²) in [5, 5.41) is 0. The van der Waals surface area contributed by atoms with Crippen LogP contribution in [-0.4, -0.2) is 49.5 Å². The van der Waals surface area contributed by atoms with E-state index in [2.05, 4.69) is 38.8 Å². The Bertz CT molecular complexity index is 622. The quantitative estimate of drug-likeness (QED) is 0.598. The number of nitrogens with zero attached hydrogens (tertiary/aromatic N) is 3. The lowest BCUT2D eigenvalue weighted by molar-refractivity contribution is 0.126. The van der Waals surface area contributed by atoms with Crippen LogP contribution >= 0.6 is 0 Å². The van der Waals surface area contributed by atoms with Crippen LogP contribution < -0.4 is 5.73 Å². The number of hydrogen-bond donors (Lipinski definition) is 1. The first kappa shape index (κ1) is 20.6. The molecule has 2 atom stereocenters. The number of likely N-dealkylation sites (N-methyl/N-ethyl adjacent to an activating group) is 1. The molecule has 4 heteroatoms. The van der Waals surface area contributed by atoms with E-state index in [1.807, 2.05) is 31.4 Å². The molecule has 0 aromatic heterocycles. The van der Waals surface area contributed by atoms with E-state index in [4.69, 9.17) is 15.7 Å². The topological polar surface area (TPSA) is 54.0 Å². The van der Waals surface area contributed by atoms with Gasteiger partial charge in [0.15, 0.2) is 0 Å². The fraction of sp³-hybridized carbons (Fsp3) is 0.636. The van der Waals surface area contributed by atoms with Gasteiger partial charge in [0.05, 0.1) is 6.04 Å². The van der Waals surface area contributed by atoms with Crippen LogP contribution in [0.4, 0.5) is 0 Å². The van der Waals surface area contributed by atoms with E-state index in [0.29, 0.717) is 17.4 Å². The Kier molecular flexibility index (Phi) is 7.39. The molecule has 2 aliphatic heterocycles. The van der Waals surface area contributed by atoms with Crippen molar-refractivity contribution in [2.45, 2.75) is 53.0 Å². The summed E-state index contributed by atoms with van der Waals surface area (Å²) in [6.45, 7) is 12.0. The molecule has 0 bridgehead atoms. The molecule has 1 fully saturated rings. The molecule has 26 heavy (non-hydrogen) atoms. The van der Waals surface area contributed by atoms with Gasteiger partial charge in [0.1, 0.15) is 0 Å². The van der Waals surface area contributed by atoms with Crippen molar-refractivity contribution < 1.29 is 0 Å². The molecule has 0 radical (unpaired) electrons. The molecule has 4 nitrogen and oxygen atoms in total. The van der Waals surface area contributed by atoms with Crippen molar-refractivity contribution in [3.8, 4) is 0 Å². The zero-order valence-corrected chi connectivity index (χ0v) is 17.2. The monoisotopic (exact) mass is 356 g/mol. The predicted molar refractivity (Wildman–Crippen MR) is 114 cm³/mol. The molecular weight excluding hydrogens is 320 g/mol. The fourth-order valence-electron chi connectivity index (χ4n) is 3.96. The summed E-state index contributed by atoms with van der Waals surface area (Å²) in [5.41, 5.74) is 9.57. The maximum absolute atomic E-state index is 6.23. The first-order chi connectivity index (χ1) is 12.3. The smallest absolute Gasteiger partial charge is 0.0631 e. The number of rotatable bonds is 5. The highest BCUT2D eigenvalue weighted by Crippen LogP contribution is 2.29. The molecule has 2 aliphatic rings. The number of piperidine rings is 1. The van der Waals surface area contributed by atoms with E-state index in [-0.39, 0.29) is 0 Å². The summed E-state index contributed by atoms with van der Waals surface area (Å²) in [6, 6.07) is 0.344. The summed E-state index contributed by atoms with van der Waals surface area (Å²) < 4.78 is 0. The number of hydrogen-bond acceptors (Lipinski definition) is 4. The lowest BCUT2D eigenvalue weighted by Gasteiger charge is -2.39. The van der Waals surface area contributed by atoms with Gasteiger partial charge in [0.25, 0.3) is 0 Å². The molecule has 144 valence electrons. The summed E-state index contributed by atoms with van der Waals surface area (Å²) in [6.07, 6.45) is 13.3. The third-order valence-corrected chi connectivity index (χ3v) is 5.04. The van der Waals surface area contributed by atoms with Gasteiger partial charge in [0.2, 0.25) is 0 Å². The average Bonchev–Trinajstić information content (AvgIpc) is 2.53. The second-order valence-corrected chi connectivity index (χ2v) is 8.71. The SMILES string of the molecule is C\C=C/C(=C\C(N)=C\C=NC1CN(C)CC(C)(C)C1)C1=NCC(C)CC1. The Morgan fingerprint density at radius 1 is 1.38 bits per heavy atom. The van der Waals surface area contributed by atoms with E-state index < -0.39 is 0 Å². The van der Waals surface area contributed by atoms with E-state index >= 15 is 0 Å². The zero-order valence-electron chi connectivity index (χ0n) is 17.2. The van der Waals surface area contributed by atoms with Crippen LogP contribution in [0.25, 0.3) is 0 Å². The van der Waals surface area contributed by atoms with Crippen LogP contribution in [0.15, 0.2) is 45.6 Å². The predicted octanol–water partition coefficient (Wildman–Crippen LogP) is 4.00. The molecule has 0 aliphatic carbocycles. The molecule has 2 heterocycles. The first-order valence-corrected chi connectivity index (χ1v) is 9.84. The largest absolute Gasteiger partial charge is 0.399 e. The maximum atomic E-state index is 6.23. The summed E-state index contributed by atoms with van der Waals surface area (Å²) in [5.74, 6) is 0.684. The number of nitrogens with two attached hydrogens (primary N) is 1.